The van der Waals surface area contributed by atoms with Gasteiger partial charge in [-0.3, -0.25) is 15.5 Å². The molecule has 1 N–H and O–H groups in total. The van der Waals surface area contributed by atoms with Gasteiger partial charge in [0.25, 0.3) is 5.69 Å². The molecule has 1 heterocycles. The molecule has 0 amide bonds. The van der Waals surface area contributed by atoms with Crippen molar-refractivity contribution in [2.45, 2.75) is 6.18 Å². The van der Waals surface area contributed by atoms with Crippen LogP contribution in [0.1, 0.15) is 11.3 Å². The van der Waals surface area contributed by atoms with Gasteiger partial charge in [-0.15, -0.1) is 0 Å². The number of anilines is 1. The second kappa shape index (κ2) is 7.51. The summed E-state index contributed by atoms with van der Waals surface area (Å²) >= 11 is 0. The minimum Gasteiger partial charge on any atom is -0.455 e. The first-order chi connectivity index (χ1) is 13.2. The van der Waals surface area contributed by atoms with Gasteiger partial charge in [0.05, 0.1) is 16.7 Å². The number of nitro benzene ring substituents is 1. The fraction of sp³-hybridized carbons (Fsp3) is 0.0556. The van der Waals surface area contributed by atoms with Crippen molar-refractivity contribution in [1.29, 1.82) is 0 Å². The third-order valence-electron chi connectivity index (χ3n) is 3.65. The lowest BCUT2D eigenvalue weighted by Crippen LogP contribution is -2.06. The maximum atomic E-state index is 12.9. The van der Waals surface area contributed by atoms with Crippen molar-refractivity contribution in [3.8, 4) is 11.3 Å². The monoisotopic (exact) mass is 393 g/mol. The first kappa shape index (κ1) is 19.1. The molecule has 0 bridgehead atoms. The number of nitrogens with zero attached hydrogens (tertiary/aromatic N) is 2. The molecular formula is C18H11F4N3O3. The van der Waals surface area contributed by atoms with Crippen molar-refractivity contribution >= 4 is 17.6 Å². The van der Waals surface area contributed by atoms with E-state index in [1.54, 1.807) is 12.1 Å². The van der Waals surface area contributed by atoms with E-state index in [9.17, 15) is 27.7 Å². The summed E-state index contributed by atoms with van der Waals surface area (Å²) in [6, 6.07) is 10.8. The number of rotatable bonds is 5. The summed E-state index contributed by atoms with van der Waals surface area (Å²) in [5.74, 6) is 0.336. The molecule has 0 radical (unpaired) electrons. The van der Waals surface area contributed by atoms with Gasteiger partial charge in [-0.25, -0.2) is 4.39 Å². The highest BCUT2D eigenvalue weighted by molar-refractivity contribution is 5.78. The van der Waals surface area contributed by atoms with Gasteiger partial charge < -0.3 is 4.42 Å². The van der Waals surface area contributed by atoms with Gasteiger partial charge in [0.2, 0.25) is 0 Å². The lowest BCUT2D eigenvalue weighted by Gasteiger charge is -2.08. The highest BCUT2D eigenvalue weighted by Crippen LogP contribution is 2.35. The molecule has 0 saturated heterocycles. The van der Waals surface area contributed by atoms with Gasteiger partial charge in [0.1, 0.15) is 23.0 Å². The molecule has 28 heavy (non-hydrogen) atoms. The molecule has 0 spiro atoms. The second-order valence-corrected chi connectivity index (χ2v) is 5.57. The summed E-state index contributed by atoms with van der Waals surface area (Å²) in [6.45, 7) is 0. The molecule has 0 saturated carbocycles. The normalized spacial score (nSPS) is 11.7. The number of furan rings is 1. The van der Waals surface area contributed by atoms with E-state index in [2.05, 4.69) is 10.5 Å². The summed E-state index contributed by atoms with van der Waals surface area (Å²) in [5.41, 5.74) is 0.851. The number of halogens is 4. The molecule has 0 aliphatic carbocycles. The standard InChI is InChI=1S/C18H11F4N3O3/c19-13-4-1-11(2-5-13)17-8-6-14(28-17)10-23-24-15-7-3-12(18(20,21)22)9-16(15)25(26)27/h1-10,24H/b23-10-. The Kier molecular flexibility index (Phi) is 5.12. The largest absolute Gasteiger partial charge is 0.455 e. The molecule has 0 atom stereocenters. The summed E-state index contributed by atoms with van der Waals surface area (Å²) in [4.78, 5) is 10.1. The molecule has 2 aromatic carbocycles. The Morgan fingerprint density at radius 1 is 1.07 bits per heavy atom. The Labute approximate surface area is 155 Å². The second-order valence-electron chi connectivity index (χ2n) is 5.57. The molecule has 3 rings (SSSR count). The van der Waals surface area contributed by atoms with E-state index in [0.29, 0.717) is 23.5 Å². The van der Waals surface area contributed by atoms with Crippen LogP contribution in [0.15, 0.2) is 64.1 Å². The van der Waals surface area contributed by atoms with Crippen LogP contribution in [0, 0.1) is 15.9 Å². The minimum atomic E-state index is -4.70. The topological polar surface area (TPSA) is 80.7 Å². The van der Waals surface area contributed by atoms with Gasteiger partial charge in [0.15, 0.2) is 0 Å². The third kappa shape index (κ3) is 4.34. The maximum absolute atomic E-state index is 12.9. The fourth-order valence-corrected chi connectivity index (χ4v) is 2.31. The maximum Gasteiger partial charge on any atom is 0.416 e. The zero-order valence-electron chi connectivity index (χ0n) is 13.9. The minimum absolute atomic E-state index is 0.209. The smallest absolute Gasteiger partial charge is 0.416 e. The molecular weight excluding hydrogens is 382 g/mol. The molecule has 3 aromatic rings. The van der Waals surface area contributed by atoms with Crippen LogP contribution in [0.5, 0.6) is 0 Å². The van der Waals surface area contributed by atoms with Crippen molar-refractivity contribution in [3.05, 3.63) is 81.9 Å². The van der Waals surface area contributed by atoms with Gasteiger partial charge in [-0.1, -0.05) is 0 Å². The number of benzene rings is 2. The average Bonchev–Trinajstić information content (AvgIpc) is 3.10. The lowest BCUT2D eigenvalue weighted by atomic mass is 10.1. The molecule has 6 nitrogen and oxygen atoms in total. The molecule has 0 unspecified atom stereocenters. The van der Waals surface area contributed by atoms with Crippen molar-refractivity contribution < 1.29 is 26.9 Å². The molecule has 0 aliphatic heterocycles. The molecule has 1 aromatic heterocycles. The van der Waals surface area contributed by atoms with Gasteiger partial charge in [0, 0.05) is 11.6 Å². The fourth-order valence-electron chi connectivity index (χ4n) is 2.31. The van der Waals surface area contributed by atoms with E-state index < -0.39 is 22.4 Å². The Morgan fingerprint density at radius 2 is 1.79 bits per heavy atom. The first-order valence-corrected chi connectivity index (χ1v) is 7.74. The van der Waals surface area contributed by atoms with E-state index in [4.69, 9.17) is 4.42 Å². The van der Waals surface area contributed by atoms with Crippen molar-refractivity contribution in [3.63, 3.8) is 0 Å². The number of hydrogen-bond acceptors (Lipinski definition) is 5. The lowest BCUT2D eigenvalue weighted by molar-refractivity contribution is -0.384. The van der Waals surface area contributed by atoms with Gasteiger partial charge in [-0.2, -0.15) is 18.3 Å². The van der Waals surface area contributed by atoms with Gasteiger partial charge in [-0.05, 0) is 48.5 Å². The van der Waals surface area contributed by atoms with Crippen LogP contribution in [0.4, 0.5) is 28.9 Å². The van der Waals surface area contributed by atoms with Crippen LogP contribution in [0.2, 0.25) is 0 Å². The third-order valence-corrected chi connectivity index (χ3v) is 3.65. The summed E-state index contributed by atoms with van der Waals surface area (Å²) in [5, 5.41) is 14.8. The van der Waals surface area contributed by atoms with E-state index in [1.807, 2.05) is 0 Å². The molecule has 0 aliphatic rings. The zero-order chi connectivity index (χ0) is 20.3. The number of hydrazone groups is 1. The van der Waals surface area contributed by atoms with Crippen LogP contribution in [-0.4, -0.2) is 11.1 Å². The van der Waals surface area contributed by atoms with Crippen LogP contribution in [0.3, 0.4) is 0 Å². The molecule has 0 fully saturated rings. The van der Waals surface area contributed by atoms with E-state index in [-0.39, 0.29) is 17.3 Å². The van der Waals surface area contributed by atoms with E-state index in [1.165, 1.54) is 30.5 Å². The Morgan fingerprint density at radius 3 is 2.43 bits per heavy atom. The number of nitrogens with one attached hydrogen (secondary N) is 1. The Balaban J connectivity index is 1.76. The van der Waals surface area contributed by atoms with Gasteiger partial charge >= 0.3 is 6.18 Å². The predicted octanol–water partition coefficient (Wildman–Crippen LogP) is 5.46. The Bertz CT molecular complexity index is 1030. The van der Waals surface area contributed by atoms with Crippen LogP contribution in [0.25, 0.3) is 11.3 Å². The van der Waals surface area contributed by atoms with Crippen LogP contribution < -0.4 is 5.43 Å². The summed E-state index contributed by atoms with van der Waals surface area (Å²) < 4.78 is 56.5. The van der Waals surface area contributed by atoms with Crippen molar-refractivity contribution in [2.75, 3.05) is 5.43 Å². The highest BCUT2D eigenvalue weighted by atomic mass is 19.4. The van der Waals surface area contributed by atoms with E-state index in [0.717, 1.165) is 6.07 Å². The van der Waals surface area contributed by atoms with E-state index >= 15 is 0 Å². The van der Waals surface area contributed by atoms with Crippen LogP contribution in [-0.2, 0) is 6.18 Å². The number of nitro groups is 1. The molecule has 144 valence electrons. The number of alkyl halides is 3. The van der Waals surface area contributed by atoms with Crippen molar-refractivity contribution in [2.24, 2.45) is 5.10 Å². The Hall–Kier alpha value is -3.69. The summed E-state index contributed by atoms with van der Waals surface area (Å²) in [7, 11) is 0. The first-order valence-electron chi connectivity index (χ1n) is 7.74. The predicted molar refractivity (Wildman–Crippen MR) is 93.4 cm³/mol. The highest BCUT2D eigenvalue weighted by Gasteiger charge is 2.33. The van der Waals surface area contributed by atoms with Crippen LogP contribution >= 0.6 is 0 Å². The average molecular weight is 393 g/mol. The summed E-state index contributed by atoms with van der Waals surface area (Å²) in [6.07, 6.45) is -3.49. The zero-order valence-corrected chi connectivity index (χ0v) is 13.9. The quantitative estimate of drug-likeness (QED) is 0.270. The molecule has 10 heteroatoms. The number of hydrogen-bond donors (Lipinski definition) is 1. The SMILES string of the molecule is O=[N+]([O-])c1cc(C(F)(F)F)ccc1N/N=C\c1ccc(-c2ccc(F)cc2)o1. The van der Waals surface area contributed by atoms with Crippen molar-refractivity contribution in [1.82, 2.24) is 0 Å².